The minimum absolute atomic E-state index is 0.0350. The first-order valence-corrected chi connectivity index (χ1v) is 8.80. The maximum Gasteiger partial charge on any atom is 0.379 e. The van der Waals surface area contributed by atoms with Crippen LogP contribution in [0.15, 0.2) is 30.3 Å². The third-order valence-corrected chi connectivity index (χ3v) is 4.03. The first-order chi connectivity index (χ1) is 14.0. The second-order valence-electron chi connectivity index (χ2n) is 5.73. The van der Waals surface area contributed by atoms with Crippen LogP contribution in [0.2, 0.25) is 0 Å². The summed E-state index contributed by atoms with van der Waals surface area (Å²) >= 11 is 0. The fourth-order valence-electron chi connectivity index (χ4n) is 2.61. The fourth-order valence-corrected chi connectivity index (χ4v) is 2.61. The van der Waals surface area contributed by atoms with E-state index in [0.29, 0.717) is 17.2 Å². The Morgan fingerprint density at radius 2 is 1.45 bits per heavy atom. The van der Waals surface area contributed by atoms with Crippen LogP contribution in [0.4, 0.5) is 0 Å². The van der Waals surface area contributed by atoms with Crippen LogP contribution in [0.1, 0.15) is 22.8 Å². The van der Waals surface area contributed by atoms with Gasteiger partial charge in [0.25, 0.3) is 5.78 Å². The average molecular weight is 404 g/mol. The lowest BCUT2D eigenvalue weighted by atomic mass is 10.1. The zero-order chi connectivity index (χ0) is 21.4. The Morgan fingerprint density at radius 3 is 2.03 bits per heavy atom. The first kappa shape index (κ1) is 21.9. The molecular weight excluding hydrogens is 380 g/mol. The van der Waals surface area contributed by atoms with Gasteiger partial charge in [0.1, 0.15) is 29.4 Å². The number of rotatable bonds is 10. The fraction of sp³-hybridized carbons (Fsp3) is 0.333. The van der Waals surface area contributed by atoms with Crippen molar-refractivity contribution in [3.05, 3.63) is 41.5 Å². The summed E-state index contributed by atoms with van der Waals surface area (Å²) in [7, 11) is 5.93. The number of methoxy groups -OCH3 is 4. The molecule has 0 spiro atoms. The van der Waals surface area contributed by atoms with Crippen molar-refractivity contribution in [3.63, 3.8) is 0 Å². The Morgan fingerprint density at radius 1 is 0.793 bits per heavy atom. The number of ether oxygens (including phenoxy) is 6. The third kappa shape index (κ3) is 5.10. The topological polar surface area (TPSA) is 89.5 Å². The molecule has 0 radical (unpaired) electrons. The molecule has 0 saturated heterocycles. The molecule has 8 heteroatoms. The van der Waals surface area contributed by atoms with Crippen molar-refractivity contribution in [2.24, 2.45) is 0 Å². The quantitative estimate of drug-likeness (QED) is 0.339. The van der Waals surface area contributed by atoms with Gasteiger partial charge >= 0.3 is 5.97 Å². The van der Waals surface area contributed by atoms with Gasteiger partial charge in [-0.15, -0.1) is 0 Å². The van der Waals surface area contributed by atoms with Crippen molar-refractivity contribution < 1.29 is 38.0 Å². The largest absolute Gasteiger partial charge is 0.496 e. The van der Waals surface area contributed by atoms with E-state index in [1.165, 1.54) is 33.5 Å². The minimum atomic E-state index is -0.994. The molecule has 0 aromatic heterocycles. The predicted molar refractivity (Wildman–Crippen MR) is 104 cm³/mol. The van der Waals surface area contributed by atoms with E-state index in [4.69, 9.17) is 28.4 Å². The molecule has 2 aromatic carbocycles. The number of Topliss-reactive ketones (excluding diaryl/α,β-unsaturated/α-hetero) is 1. The Balaban J connectivity index is 2.40. The average Bonchev–Trinajstić information content (AvgIpc) is 2.76. The van der Waals surface area contributed by atoms with Crippen LogP contribution in [0, 0.1) is 0 Å². The lowest BCUT2D eigenvalue weighted by Gasteiger charge is -2.16. The molecule has 0 atom stereocenters. The Bertz CT molecular complexity index is 875. The highest BCUT2D eigenvalue weighted by Crippen LogP contribution is 2.36. The lowest BCUT2D eigenvalue weighted by Crippen LogP contribution is -2.19. The molecule has 156 valence electrons. The van der Waals surface area contributed by atoms with Crippen LogP contribution < -0.4 is 23.7 Å². The van der Waals surface area contributed by atoms with Crippen LogP contribution in [-0.2, 0) is 16.1 Å². The first-order valence-electron chi connectivity index (χ1n) is 8.80. The summed E-state index contributed by atoms with van der Waals surface area (Å²) in [5, 5.41) is 0. The SMILES string of the molecule is CCOC(=O)C(=O)c1c(OC)cc(OC)cc1OCc1ccc(OC)c(OC)c1. The zero-order valence-electron chi connectivity index (χ0n) is 17.1. The highest BCUT2D eigenvalue weighted by molar-refractivity contribution is 6.42. The number of hydrogen-bond donors (Lipinski definition) is 0. The Kier molecular flexibility index (Phi) is 7.70. The summed E-state index contributed by atoms with van der Waals surface area (Å²) in [5.74, 6) is -0.0546. The second kappa shape index (κ2) is 10.2. The Labute approximate surface area is 169 Å². The zero-order valence-corrected chi connectivity index (χ0v) is 17.1. The number of benzene rings is 2. The highest BCUT2D eigenvalue weighted by Gasteiger charge is 2.27. The van der Waals surface area contributed by atoms with Crippen molar-refractivity contribution in [1.82, 2.24) is 0 Å². The van der Waals surface area contributed by atoms with E-state index in [1.807, 2.05) is 0 Å². The van der Waals surface area contributed by atoms with Crippen LogP contribution in [0.25, 0.3) is 0 Å². The smallest absolute Gasteiger partial charge is 0.379 e. The summed E-state index contributed by atoms with van der Waals surface area (Å²) in [5.41, 5.74) is 0.728. The van der Waals surface area contributed by atoms with Gasteiger partial charge in [0.2, 0.25) is 0 Å². The van der Waals surface area contributed by atoms with E-state index in [9.17, 15) is 9.59 Å². The second-order valence-corrected chi connectivity index (χ2v) is 5.73. The monoisotopic (exact) mass is 404 g/mol. The van der Waals surface area contributed by atoms with Gasteiger partial charge in [0.05, 0.1) is 35.0 Å². The maximum atomic E-state index is 12.6. The molecule has 0 fully saturated rings. The van der Waals surface area contributed by atoms with Crippen LogP contribution in [0.5, 0.6) is 28.7 Å². The van der Waals surface area contributed by atoms with Crippen LogP contribution >= 0.6 is 0 Å². The molecule has 2 rings (SSSR count). The number of esters is 1. The lowest BCUT2D eigenvalue weighted by molar-refractivity contribution is -0.137. The van der Waals surface area contributed by atoms with E-state index < -0.39 is 11.8 Å². The third-order valence-electron chi connectivity index (χ3n) is 4.03. The van der Waals surface area contributed by atoms with Crippen LogP contribution in [0.3, 0.4) is 0 Å². The summed E-state index contributed by atoms with van der Waals surface area (Å²) < 4.78 is 31.7. The van der Waals surface area contributed by atoms with Crippen molar-refractivity contribution in [2.75, 3.05) is 35.0 Å². The molecule has 0 N–H and O–H groups in total. The van der Waals surface area contributed by atoms with Gasteiger partial charge in [-0.3, -0.25) is 4.79 Å². The number of ketones is 1. The molecule has 0 heterocycles. The maximum absolute atomic E-state index is 12.6. The van der Waals surface area contributed by atoms with Crippen molar-refractivity contribution >= 4 is 11.8 Å². The predicted octanol–water partition coefficient (Wildman–Crippen LogP) is 3.05. The molecule has 0 unspecified atom stereocenters. The summed E-state index contributed by atoms with van der Waals surface area (Å²) in [6, 6.07) is 8.30. The van der Waals surface area contributed by atoms with Crippen molar-refractivity contribution in [2.45, 2.75) is 13.5 Å². The van der Waals surface area contributed by atoms with E-state index >= 15 is 0 Å². The van der Waals surface area contributed by atoms with E-state index in [-0.39, 0.29) is 30.3 Å². The Hall–Kier alpha value is -3.42. The molecule has 0 amide bonds. The highest BCUT2D eigenvalue weighted by atomic mass is 16.5. The minimum Gasteiger partial charge on any atom is -0.496 e. The van der Waals surface area contributed by atoms with Gasteiger partial charge in [0, 0.05) is 12.1 Å². The summed E-state index contributed by atoms with van der Waals surface area (Å²) in [6.45, 7) is 1.79. The van der Waals surface area contributed by atoms with Crippen LogP contribution in [-0.4, -0.2) is 46.8 Å². The van der Waals surface area contributed by atoms with Crippen molar-refractivity contribution in [1.29, 1.82) is 0 Å². The van der Waals surface area contributed by atoms with E-state index in [1.54, 1.807) is 32.2 Å². The summed E-state index contributed by atoms with van der Waals surface area (Å²) in [6.07, 6.45) is 0. The van der Waals surface area contributed by atoms with Gasteiger partial charge < -0.3 is 28.4 Å². The molecule has 0 aliphatic rings. The number of carbonyl (C=O) groups excluding carboxylic acids is 2. The van der Waals surface area contributed by atoms with E-state index in [2.05, 4.69) is 0 Å². The standard InChI is InChI=1S/C21H24O8/c1-6-28-21(23)20(22)19-17(27-5)10-14(24-2)11-18(19)29-12-13-7-8-15(25-3)16(9-13)26-4/h7-11H,6,12H2,1-5H3. The molecule has 0 saturated carbocycles. The molecule has 0 bridgehead atoms. The summed E-state index contributed by atoms with van der Waals surface area (Å²) in [4.78, 5) is 24.6. The molecule has 29 heavy (non-hydrogen) atoms. The van der Waals surface area contributed by atoms with Gasteiger partial charge in [-0.05, 0) is 24.6 Å². The molecular formula is C21H24O8. The molecule has 0 aliphatic heterocycles. The molecule has 8 nitrogen and oxygen atoms in total. The van der Waals surface area contributed by atoms with Gasteiger partial charge in [-0.1, -0.05) is 6.07 Å². The van der Waals surface area contributed by atoms with E-state index in [0.717, 1.165) is 5.56 Å². The molecule has 0 aliphatic carbocycles. The molecule has 2 aromatic rings. The van der Waals surface area contributed by atoms with Crippen molar-refractivity contribution in [3.8, 4) is 28.7 Å². The van der Waals surface area contributed by atoms with Gasteiger partial charge in [0.15, 0.2) is 11.5 Å². The number of carbonyl (C=O) groups is 2. The van der Waals surface area contributed by atoms with Gasteiger partial charge in [-0.2, -0.15) is 0 Å². The normalized spacial score (nSPS) is 10.1. The van der Waals surface area contributed by atoms with Gasteiger partial charge in [-0.25, -0.2) is 4.79 Å². The number of hydrogen-bond acceptors (Lipinski definition) is 8.